The minimum Gasteiger partial charge on any atom is -0.340 e. The summed E-state index contributed by atoms with van der Waals surface area (Å²) in [6, 6.07) is 8.76. The van der Waals surface area contributed by atoms with Crippen LogP contribution >= 0.6 is 0 Å². The van der Waals surface area contributed by atoms with Gasteiger partial charge in [-0.1, -0.05) is 63.3 Å². The number of allylic oxidation sites excluding steroid dienone is 6. The first-order chi connectivity index (χ1) is 14.3. The molecule has 3 N–H and O–H groups in total. The molecule has 4 rings (SSSR count). The molecule has 1 aliphatic carbocycles. The van der Waals surface area contributed by atoms with Crippen LogP contribution in [-0.4, -0.2) is 34.0 Å². The molecule has 1 aromatic carbocycles. The van der Waals surface area contributed by atoms with Crippen LogP contribution in [0.5, 0.6) is 0 Å². The van der Waals surface area contributed by atoms with Crippen molar-refractivity contribution in [1.82, 2.24) is 9.47 Å². The van der Waals surface area contributed by atoms with E-state index in [0.717, 1.165) is 50.9 Å². The highest BCUT2D eigenvalue weighted by Gasteiger charge is 2.23. The third kappa shape index (κ3) is 5.12. The molecule has 0 atom stereocenters. The number of nitrogens with zero attached hydrogens (tertiary/aromatic N) is 2. The van der Waals surface area contributed by atoms with Crippen LogP contribution in [0, 0.1) is 0 Å². The predicted octanol–water partition coefficient (Wildman–Crippen LogP) is 4.39. The average molecular weight is 396 g/mol. The summed E-state index contributed by atoms with van der Waals surface area (Å²) >= 11 is 0. The Bertz CT molecular complexity index is 906. The Hall–Kier alpha value is -2.47. The normalized spacial score (nSPS) is 15.8. The lowest BCUT2D eigenvalue weighted by Crippen LogP contribution is -2.30. The van der Waals surface area contributed by atoms with E-state index in [2.05, 4.69) is 64.8 Å². The molecule has 0 radical (unpaired) electrons. The van der Waals surface area contributed by atoms with Crippen molar-refractivity contribution in [3.63, 3.8) is 0 Å². The van der Waals surface area contributed by atoms with Gasteiger partial charge in [-0.3, -0.25) is 9.69 Å². The number of benzene rings is 1. The molecule has 5 heteroatoms. The number of aromatic nitrogens is 1. The van der Waals surface area contributed by atoms with Crippen LogP contribution in [0.3, 0.4) is 0 Å². The fourth-order valence-corrected chi connectivity index (χ4v) is 3.97. The molecular weight excluding hydrogens is 362 g/mol. The van der Waals surface area contributed by atoms with Crippen LogP contribution in [0.15, 0.2) is 59.7 Å². The van der Waals surface area contributed by atoms with E-state index in [1.54, 1.807) is 0 Å². The Morgan fingerprint density at radius 3 is 2.66 bits per heavy atom. The second-order valence-corrected chi connectivity index (χ2v) is 6.85. The van der Waals surface area contributed by atoms with Gasteiger partial charge in [-0.05, 0) is 35.7 Å². The maximum Gasteiger partial charge on any atom is 0.146 e. The average Bonchev–Trinajstić information content (AvgIpc) is 2.94. The quantitative estimate of drug-likeness (QED) is 0.595. The summed E-state index contributed by atoms with van der Waals surface area (Å²) in [7, 11) is 0. The van der Waals surface area contributed by atoms with Crippen molar-refractivity contribution < 1.29 is 10.0 Å². The molecule has 0 saturated carbocycles. The highest BCUT2D eigenvalue weighted by atomic mass is 16.4. The molecule has 2 aliphatic rings. The smallest absolute Gasteiger partial charge is 0.146 e. The lowest BCUT2D eigenvalue weighted by atomic mass is 10.0. The summed E-state index contributed by atoms with van der Waals surface area (Å²) < 4.78 is 2.48. The molecule has 0 fully saturated rings. The number of aldehydes is 1. The van der Waals surface area contributed by atoms with Crippen LogP contribution in [0.25, 0.3) is 10.9 Å². The zero-order chi connectivity index (χ0) is 21.2. The lowest BCUT2D eigenvalue weighted by Gasteiger charge is -2.27. The first-order valence-electron chi connectivity index (χ1n) is 10.4. The number of para-hydroxylation sites is 1. The lowest BCUT2D eigenvalue weighted by molar-refractivity contribution is -0.105. The summed E-state index contributed by atoms with van der Waals surface area (Å²) in [4.78, 5) is 13.5. The zero-order valence-electron chi connectivity index (χ0n) is 17.8. The van der Waals surface area contributed by atoms with Crippen molar-refractivity contribution in [3.8, 4) is 0 Å². The molecular formula is C24H33N3O2. The van der Waals surface area contributed by atoms with Crippen molar-refractivity contribution >= 4 is 17.2 Å². The van der Waals surface area contributed by atoms with Crippen molar-refractivity contribution in [2.75, 3.05) is 13.1 Å². The van der Waals surface area contributed by atoms with E-state index < -0.39 is 0 Å². The Balaban J connectivity index is 0.000000707. The summed E-state index contributed by atoms with van der Waals surface area (Å²) in [5.41, 5.74) is 6.38. The molecule has 2 aromatic rings. The molecule has 5 nitrogen and oxygen atoms in total. The van der Waals surface area contributed by atoms with Gasteiger partial charge in [0.2, 0.25) is 0 Å². The van der Waals surface area contributed by atoms with E-state index >= 15 is 0 Å². The second-order valence-electron chi connectivity index (χ2n) is 6.85. The summed E-state index contributed by atoms with van der Waals surface area (Å²) in [6.07, 6.45) is 11.1. The van der Waals surface area contributed by atoms with Gasteiger partial charge in [-0.25, -0.2) is 5.90 Å². The van der Waals surface area contributed by atoms with E-state index in [4.69, 9.17) is 5.21 Å². The molecule has 0 unspecified atom stereocenters. The third-order valence-corrected chi connectivity index (χ3v) is 5.38. The molecule has 0 spiro atoms. The maximum absolute atomic E-state index is 11.0. The number of carbonyl (C=O) groups excluding carboxylic acids is 1. The van der Waals surface area contributed by atoms with Crippen molar-refractivity contribution in [2.45, 2.75) is 46.7 Å². The summed E-state index contributed by atoms with van der Waals surface area (Å²) in [6.45, 7) is 10.4. The first-order valence-corrected chi connectivity index (χ1v) is 10.4. The highest BCUT2D eigenvalue weighted by molar-refractivity contribution is 5.86. The van der Waals surface area contributed by atoms with Gasteiger partial charge in [0.25, 0.3) is 0 Å². The van der Waals surface area contributed by atoms with Gasteiger partial charge >= 0.3 is 0 Å². The van der Waals surface area contributed by atoms with Crippen molar-refractivity contribution in [3.05, 3.63) is 71.0 Å². The number of hydrogen-bond acceptors (Lipinski definition) is 4. The van der Waals surface area contributed by atoms with Crippen LogP contribution in [0.1, 0.15) is 38.4 Å². The van der Waals surface area contributed by atoms with E-state index in [1.807, 2.05) is 19.9 Å². The Morgan fingerprint density at radius 2 is 1.93 bits per heavy atom. The van der Waals surface area contributed by atoms with Crippen molar-refractivity contribution in [1.29, 1.82) is 0 Å². The second kappa shape index (κ2) is 11.5. The minimum absolute atomic E-state index is 0.722. The van der Waals surface area contributed by atoms with E-state index in [0.29, 0.717) is 0 Å². The summed E-state index contributed by atoms with van der Waals surface area (Å²) in [5.74, 6) is 3.50. The zero-order valence-corrected chi connectivity index (χ0v) is 17.8. The SMILES string of the molecule is CC.CCN1CCc2c(c3ccccc3n2CC2=CC=C(C=O)CC=C2)C1.NO. The van der Waals surface area contributed by atoms with Gasteiger partial charge in [-0.15, -0.1) is 0 Å². The van der Waals surface area contributed by atoms with Crippen LogP contribution < -0.4 is 5.90 Å². The molecule has 0 saturated heterocycles. The largest absolute Gasteiger partial charge is 0.340 e. The highest BCUT2D eigenvalue weighted by Crippen LogP contribution is 2.31. The van der Waals surface area contributed by atoms with Gasteiger partial charge in [0.15, 0.2) is 0 Å². The number of nitrogens with two attached hydrogens (primary N) is 1. The molecule has 1 aromatic heterocycles. The monoisotopic (exact) mass is 395 g/mol. The van der Waals surface area contributed by atoms with Gasteiger partial charge in [0.05, 0.1) is 0 Å². The minimum atomic E-state index is 0.722. The topological polar surface area (TPSA) is 71.5 Å². The first kappa shape index (κ1) is 22.8. The third-order valence-electron chi connectivity index (χ3n) is 5.38. The molecule has 0 amide bonds. The Kier molecular flexibility index (Phi) is 9.06. The fraction of sp³-hybridized carbons (Fsp3) is 0.375. The Morgan fingerprint density at radius 1 is 1.17 bits per heavy atom. The maximum atomic E-state index is 11.0. The van der Waals surface area contributed by atoms with E-state index in [-0.39, 0.29) is 0 Å². The van der Waals surface area contributed by atoms with Gasteiger partial charge in [-0.2, -0.15) is 0 Å². The van der Waals surface area contributed by atoms with Crippen LogP contribution in [0.4, 0.5) is 0 Å². The molecule has 1 aliphatic heterocycles. The molecule has 156 valence electrons. The van der Waals surface area contributed by atoms with Crippen LogP contribution in [-0.2, 0) is 24.3 Å². The van der Waals surface area contributed by atoms with E-state index in [9.17, 15) is 4.79 Å². The summed E-state index contributed by atoms with van der Waals surface area (Å²) in [5, 5.41) is 7.89. The van der Waals surface area contributed by atoms with Gasteiger partial charge < -0.3 is 9.77 Å². The number of rotatable bonds is 4. The van der Waals surface area contributed by atoms with E-state index in [1.165, 1.54) is 27.7 Å². The number of fused-ring (bicyclic) bond motifs is 3. The number of hydrogen-bond donors (Lipinski definition) is 2. The molecule has 0 bridgehead atoms. The van der Waals surface area contributed by atoms with Crippen LogP contribution in [0.2, 0.25) is 0 Å². The number of carbonyl (C=O) groups is 1. The van der Waals surface area contributed by atoms with Crippen molar-refractivity contribution in [2.24, 2.45) is 5.90 Å². The molecule has 2 heterocycles. The van der Waals surface area contributed by atoms with Gasteiger partial charge in [0, 0.05) is 42.7 Å². The standard InChI is InChI=1S/C22H24N2O.C2H6.H3NO/c1-2-23-13-12-22-20(15-23)19-8-3-4-9-21(19)24(22)14-17-6-5-7-18(16-25)11-10-17;2*1-2/h3-6,8-11,16H,2,7,12-15H2,1H3;1-2H3;2H,1H2. The van der Waals surface area contributed by atoms with Gasteiger partial charge in [0.1, 0.15) is 6.29 Å². The predicted molar refractivity (Wildman–Crippen MR) is 120 cm³/mol. The number of likely N-dealkylation sites (N-methyl/N-ethyl adjacent to an activating group) is 1. The Labute approximate surface area is 173 Å². The fourth-order valence-electron chi connectivity index (χ4n) is 3.97. The molecule has 29 heavy (non-hydrogen) atoms.